The highest BCUT2D eigenvalue weighted by molar-refractivity contribution is 6.19. The lowest BCUT2D eigenvalue weighted by Gasteiger charge is -2.08. The summed E-state index contributed by atoms with van der Waals surface area (Å²) in [6.07, 6.45) is 0. The van der Waals surface area contributed by atoms with Crippen LogP contribution in [-0.4, -0.2) is 21.8 Å². The highest BCUT2D eigenvalue weighted by Crippen LogP contribution is 2.06. The minimum absolute atomic E-state index is 0.157. The molecule has 0 saturated heterocycles. The van der Waals surface area contributed by atoms with Gasteiger partial charge in [0.25, 0.3) is 0 Å². The van der Waals surface area contributed by atoms with Crippen LogP contribution >= 0.6 is 11.6 Å². The Bertz CT molecular complexity index is 347. The first-order valence-electron chi connectivity index (χ1n) is 4.72. The second-order valence-electron chi connectivity index (χ2n) is 3.52. The van der Waals surface area contributed by atoms with E-state index < -0.39 is 0 Å². The van der Waals surface area contributed by atoms with Crippen molar-refractivity contribution in [2.45, 2.75) is 20.8 Å². The Labute approximate surface area is 94.1 Å². The van der Waals surface area contributed by atoms with Gasteiger partial charge in [0.15, 0.2) is 0 Å². The highest BCUT2D eigenvalue weighted by atomic mass is 35.5. The fourth-order valence-corrected chi connectivity index (χ4v) is 1.23. The maximum Gasteiger partial charge on any atom is 0.230 e. The molecule has 1 rings (SSSR count). The summed E-state index contributed by atoms with van der Waals surface area (Å²) in [5, 5.41) is 2.63. The van der Waals surface area contributed by atoms with Gasteiger partial charge >= 0.3 is 0 Å². The number of carbonyl (C=O) groups is 1. The molecule has 5 heteroatoms. The molecule has 1 amide bonds. The average Bonchev–Trinajstić information content (AvgIpc) is 2.14. The van der Waals surface area contributed by atoms with E-state index in [9.17, 15) is 4.79 Å². The molecule has 1 aromatic heterocycles. The first-order valence-corrected chi connectivity index (χ1v) is 5.25. The monoisotopic (exact) mass is 227 g/mol. The summed E-state index contributed by atoms with van der Waals surface area (Å²) in [5.41, 5.74) is 1.66. The van der Waals surface area contributed by atoms with Crippen LogP contribution in [0.4, 0.5) is 5.95 Å². The molecule has 1 N–H and O–H groups in total. The van der Waals surface area contributed by atoms with Gasteiger partial charge < -0.3 is 0 Å². The van der Waals surface area contributed by atoms with Crippen molar-refractivity contribution in [3.8, 4) is 0 Å². The van der Waals surface area contributed by atoms with E-state index in [0.29, 0.717) is 5.95 Å². The number of nitrogens with zero attached hydrogens (tertiary/aromatic N) is 2. The topological polar surface area (TPSA) is 54.9 Å². The van der Waals surface area contributed by atoms with Crippen LogP contribution in [-0.2, 0) is 4.79 Å². The van der Waals surface area contributed by atoms with E-state index in [1.54, 1.807) is 6.92 Å². The normalized spacial score (nSPS) is 12.3. The lowest BCUT2D eigenvalue weighted by atomic mass is 10.2. The zero-order chi connectivity index (χ0) is 11.4. The Morgan fingerprint density at radius 1 is 1.47 bits per heavy atom. The van der Waals surface area contributed by atoms with Gasteiger partial charge in [-0.3, -0.25) is 10.1 Å². The Morgan fingerprint density at radius 2 is 2.00 bits per heavy atom. The molecule has 0 radical (unpaired) electrons. The summed E-state index contributed by atoms with van der Waals surface area (Å²) in [4.78, 5) is 19.7. The van der Waals surface area contributed by atoms with Crippen LogP contribution in [0.3, 0.4) is 0 Å². The van der Waals surface area contributed by atoms with Crippen molar-refractivity contribution in [2.75, 3.05) is 11.2 Å². The molecule has 0 spiro atoms. The van der Waals surface area contributed by atoms with E-state index in [1.807, 2.05) is 19.9 Å². The Kier molecular flexibility index (Phi) is 4.03. The number of carbonyl (C=O) groups excluding carboxylic acids is 1. The van der Waals surface area contributed by atoms with E-state index in [-0.39, 0.29) is 17.7 Å². The van der Waals surface area contributed by atoms with Crippen molar-refractivity contribution in [2.24, 2.45) is 5.92 Å². The van der Waals surface area contributed by atoms with Gasteiger partial charge in [0, 0.05) is 23.2 Å². The number of aryl methyl sites for hydroxylation is 2. The number of anilines is 1. The Morgan fingerprint density at radius 3 is 2.47 bits per heavy atom. The molecule has 0 saturated carbocycles. The summed E-state index contributed by atoms with van der Waals surface area (Å²) in [6.45, 7) is 5.47. The van der Waals surface area contributed by atoms with E-state index >= 15 is 0 Å². The molecule has 0 fully saturated rings. The molecule has 0 aliphatic heterocycles. The SMILES string of the molecule is Cc1cc(C)nc(NC(=O)C(C)CCl)n1. The summed E-state index contributed by atoms with van der Waals surface area (Å²) in [7, 11) is 0. The van der Waals surface area contributed by atoms with Crippen molar-refractivity contribution in [1.82, 2.24) is 9.97 Å². The molecule has 1 heterocycles. The fourth-order valence-electron chi connectivity index (χ4n) is 1.09. The van der Waals surface area contributed by atoms with Crippen LogP contribution in [0.15, 0.2) is 6.07 Å². The third-order valence-corrected chi connectivity index (χ3v) is 2.36. The number of hydrogen-bond acceptors (Lipinski definition) is 3. The van der Waals surface area contributed by atoms with Crippen molar-refractivity contribution in [3.63, 3.8) is 0 Å². The number of halogens is 1. The van der Waals surface area contributed by atoms with Gasteiger partial charge in [0.05, 0.1) is 0 Å². The lowest BCUT2D eigenvalue weighted by Crippen LogP contribution is -2.23. The Balaban J connectivity index is 2.76. The first-order chi connectivity index (χ1) is 7.02. The molecule has 0 aromatic carbocycles. The van der Waals surface area contributed by atoms with Crippen molar-refractivity contribution in [3.05, 3.63) is 17.5 Å². The lowest BCUT2D eigenvalue weighted by molar-refractivity contribution is -0.118. The van der Waals surface area contributed by atoms with Crippen LogP contribution < -0.4 is 5.32 Å². The number of nitrogens with one attached hydrogen (secondary N) is 1. The maximum atomic E-state index is 11.5. The predicted molar refractivity (Wildman–Crippen MR) is 60.0 cm³/mol. The minimum Gasteiger partial charge on any atom is -0.294 e. The number of alkyl halides is 1. The van der Waals surface area contributed by atoms with Crippen LogP contribution in [0.2, 0.25) is 0 Å². The predicted octanol–water partition coefficient (Wildman–Crippen LogP) is 1.91. The third kappa shape index (κ3) is 3.47. The van der Waals surface area contributed by atoms with Crippen molar-refractivity contribution < 1.29 is 4.79 Å². The van der Waals surface area contributed by atoms with E-state index in [0.717, 1.165) is 11.4 Å². The van der Waals surface area contributed by atoms with Gasteiger partial charge in [0.1, 0.15) is 0 Å². The van der Waals surface area contributed by atoms with Gasteiger partial charge in [0.2, 0.25) is 11.9 Å². The largest absolute Gasteiger partial charge is 0.294 e. The molecule has 4 nitrogen and oxygen atoms in total. The van der Waals surface area contributed by atoms with Gasteiger partial charge in [-0.1, -0.05) is 6.92 Å². The van der Waals surface area contributed by atoms with Crippen LogP contribution in [0.5, 0.6) is 0 Å². The molecule has 1 atom stereocenters. The molecule has 0 aliphatic carbocycles. The summed E-state index contributed by atoms with van der Waals surface area (Å²) < 4.78 is 0. The highest BCUT2D eigenvalue weighted by Gasteiger charge is 2.12. The van der Waals surface area contributed by atoms with E-state index in [4.69, 9.17) is 11.6 Å². The standard InChI is InChI=1S/C10H14ClN3O/c1-6(5-11)9(15)14-10-12-7(2)4-8(3)13-10/h4,6H,5H2,1-3H3,(H,12,13,14,15). The minimum atomic E-state index is -0.240. The molecule has 1 aromatic rings. The Hall–Kier alpha value is -1.16. The fraction of sp³-hybridized carbons (Fsp3) is 0.500. The average molecular weight is 228 g/mol. The van der Waals surface area contributed by atoms with Crippen molar-refractivity contribution >= 4 is 23.5 Å². The van der Waals surface area contributed by atoms with Crippen molar-refractivity contribution in [1.29, 1.82) is 0 Å². The summed E-state index contributed by atoms with van der Waals surface area (Å²) in [6, 6.07) is 1.85. The molecule has 1 unspecified atom stereocenters. The molecular formula is C10H14ClN3O. The number of aromatic nitrogens is 2. The first kappa shape index (κ1) is 11.9. The molecule has 0 bridgehead atoms. The molecule has 0 aliphatic rings. The van der Waals surface area contributed by atoms with Crippen LogP contribution in [0.1, 0.15) is 18.3 Å². The molecule has 15 heavy (non-hydrogen) atoms. The summed E-state index contributed by atoms with van der Waals surface area (Å²) >= 11 is 5.57. The van der Waals surface area contributed by atoms with Gasteiger partial charge in [-0.15, -0.1) is 11.6 Å². The third-order valence-electron chi connectivity index (χ3n) is 1.90. The quantitative estimate of drug-likeness (QED) is 0.803. The van der Waals surface area contributed by atoms with E-state index in [1.165, 1.54) is 0 Å². The second kappa shape index (κ2) is 5.07. The number of rotatable bonds is 3. The number of amides is 1. The zero-order valence-corrected chi connectivity index (χ0v) is 9.80. The second-order valence-corrected chi connectivity index (χ2v) is 3.83. The number of hydrogen-bond donors (Lipinski definition) is 1. The summed E-state index contributed by atoms with van der Waals surface area (Å²) in [5.74, 6) is 0.233. The molecule has 82 valence electrons. The zero-order valence-electron chi connectivity index (χ0n) is 9.04. The smallest absolute Gasteiger partial charge is 0.230 e. The maximum absolute atomic E-state index is 11.5. The van der Waals surface area contributed by atoms with Crippen LogP contribution in [0.25, 0.3) is 0 Å². The molecular weight excluding hydrogens is 214 g/mol. The van der Waals surface area contributed by atoms with Gasteiger partial charge in [-0.25, -0.2) is 9.97 Å². The van der Waals surface area contributed by atoms with Crippen LogP contribution in [0, 0.1) is 19.8 Å². The van der Waals surface area contributed by atoms with E-state index in [2.05, 4.69) is 15.3 Å². The van der Waals surface area contributed by atoms with Gasteiger partial charge in [-0.05, 0) is 19.9 Å². The van der Waals surface area contributed by atoms with Gasteiger partial charge in [-0.2, -0.15) is 0 Å².